The summed E-state index contributed by atoms with van der Waals surface area (Å²) in [4.78, 5) is 0. The molecule has 0 atom stereocenters. The molecule has 0 aliphatic rings. The van der Waals surface area contributed by atoms with Crippen molar-refractivity contribution in [2.24, 2.45) is 0 Å². The summed E-state index contributed by atoms with van der Waals surface area (Å²) in [5, 5.41) is 5.22. The minimum absolute atomic E-state index is 0.688. The fourth-order valence-corrected chi connectivity index (χ4v) is 1.98. The molecule has 0 spiro atoms. The Morgan fingerprint density at radius 2 is 1.72 bits per heavy atom. The molecule has 2 aromatic carbocycles. The Morgan fingerprint density at radius 1 is 1.00 bits per heavy atom. The molecule has 0 N–H and O–H groups in total. The van der Waals surface area contributed by atoms with Gasteiger partial charge in [0.05, 0.1) is 16.4 Å². The van der Waals surface area contributed by atoms with Crippen LogP contribution in [0.25, 0.3) is 0 Å². The number of unbranched alkanes of at least 4 members (excludes halogenated alkanes) is 1. The molecule has 0 saturated carbocycles. The molecule has 0 aromatic heterocycles. The van der Waals surface area contributed by atoms with Crippen LogP contribution in [0.1, 0.15) is 25.3 Å². The summed E-state index contributed by atoms with van der Waals surface area (Å²) in [5.41, 5.74) is 3.14. The summed E-state index contributed by atoms with van der Waals surface area (Å²) >= 11 is 6.08. The third kappa shape index (κ3) is 3.51. The Morgan fingerprint density at radius 3 is 2.39 bits per heavy atom. The van der Waals surface area contributed by atoms with Gasteiger partial charge in [-0.1, -0.05) is 49.2 Å². The van der Waals surface area contributed by atoms with Gasteiger partial charge in [0.25, 0.3) is 0 Å². The van der Waals surface area contributed by atoms with E-state index in [0.717, 1.165) is 17.8 Å². The Bertz CT molecular complexity index is 491. The molecule has 1 nitrogen and oxygen atoms in total. The molecule has 93 valence electrons. The summed E-state index contributed by atoms with van der Waals surface area (Å²) in [5.74, 6) is 0. The number of hydrogen-bond donors (Lipinski definition) is 0. The molecular formula is C16H17ClN. The average Bonchev–Trinajstić information content (AvgIpc) is 2.41. The molecule has 0 saturated heterocycles. The van der Waals surface area contributed by atoms with Crippen molar-refractivity contribution in [1.82, 2.24) is 5.32 Å². The van der Waals surface area contributed by atoms with E-state index in [0.29, 0.717) is 5.02 Å². The van der Waals surface area contributed by atoms with E-state index in [1.165, 1.54) is 18.4 Å². The minimum atomic E-state index is 0.688. The Labute approximate surface area is 114 Å². The van der Waals surface area contributed by atoms with Crippen LogP contribution in [0.5, 0.6) is 0 Å². The number of halogens is 1. The van der Waals surface area contributed by atoms with Gasteiger partial charge in [-0.2, -0.15) is 0 Å². The summed E-state index contributed by atoms with van der Waals surface area (Å²) in [6.45, 7) is 2.21. The zero-order valence-electron chi connectivity index (χ0n) is 10.6. The van der Waals surface area contributed by atoms with Gasteiger partial charge in [0.15, 0.2) is 0 Å². The molecule has 0 amide bonds. The second kappa shape index (κ2) is 6.46. The highest BCUT2D eigenvalue weighted by Gasteiger charge is 2.01. The molecule has 2 heteroatoms. The quantitative estimate of drug-likeness (QED) is 0.695. The molecule has 2 aromatic rings. The second-order valence-corrected chi connectivity index (χ2v) is 4.74. The van der Waals surface area contributed by atoms with Crippen molar-refractivity contribution in [3.63, 3.8) is 0 Å². The molecular weight excluding hydrogens is 242 g/mol. The Hall–Kier alpha value is -1.47. The van der Waals surface area contributed by atoms with Crippen LogP contribution in [0, 0.1) is 0 Å². The third-order valence-electron chi connectivity index (χ3n) is 2.86. The van der Waals surface area contributed by atoms with Gasteiger partial charge < -0.3 is 0 Å². The second-order valence-electron chi connectivity index (χ2n) is 4.33. The van der Waals surface area contributed by atoms with E-state index in [-0.39, 0.29) is 0 Å². The van der Waals surface area contributed by atoms with Crippen LogP contribution in [0.4, 0.5) is 11.4 Å². The van der Waals surface area contributed by atoms with Gasteiger partial charge in [-0.15, -0.1) is 0 Å². The molecule has 0 fully saturated rings. The molecule has 18 heavy (non-hydrogen) atoms. The predicted octanol–water partition coefficient (Wildman–Crippen LogP) is 5.25. The standard InChI is InChI=1S/C16H17ClN/c1-2-3-6-13-9-11-14(12-10-13)18-16-8-5-4-7-15(16)17/h4-5,7-12H,2-3,6H2,1H3. The summed E-state index contributed by atoms with van der Waals surface area (Å²) in [6.07, 6.45) is 3.61. The van der Waals surface area contributed by atoms with Crippen molar-refractivity contribution in [2.75, 3.05) is 0 Å². The lowest BCUT2D eigenvalue weighted by atomic mass is 10.1. The van der Waals surface area contributed by atoms with Crippen molar-refractivity contribution in [2.45, 2.75) is 26.2 Å². The zero-order valence-corrected chi connectivity index (χ0v) is 11.3. The first-order valence-electron chi connectivity index (χ1n) is 6.35. The third-order valence-corrected chi connectivity index (χ3v) is 3.18. The lowest BCUT2D eigenvalue weighted by molar-refractivity contribution is 0.795. The molecule has 0 unspecified atom stereocenters. The molecule has 0 heterocycles. The zero-order chi connectivity index (χ0) is 12.8. The van der Waals surface area contributed by atoms with Crippen molar-refractivity contribution < 1.29 is 0 Å². The van der Waals surface area contributed by atoms with E-state index < -0.39 is 0 Å². The number of para-hydroxylation sites is 1. The monoisotopic (exact) mass is 258 g/mol. The lowest BCUT2D eigenvalue weighted by Gasteiger charge is -2.06. The average molecular weight is 259 g/mol. The highest BCUT2D eigenvalue weighted by Crippen LogP contribution is 2.25. The minimum Gasteiger partial charge on any atom is -0.247 e. The maximum Gasteiger partial charge on any atom is 0.0823 e. The number of benzene rings is 2. The first-order chi connectivity index (χ1) is 8.79. The topological polar surface area (TPSA) is 14.1 Å². The molecule has 2 rings (SSSR count). The number of rotatable bonds is 5. The van der Waals surface area contributed by atoms with Gasteiger partial charge in [0.1, 0.15) is 0 Å². The summed E-state index contributed by atoms with van der Waals surface area (Å²) < 4.78 is 0. The number of aryl methyl sites for hydroxylation is 1. The molecule has 0 aliphatic carbocycles. The van der Waals surface area contributed by atoms with Crippen molar-refractivity contribution >= 4 is 23.0 Å². The van der Waals surface area contributed by atoms with Gasteiger partial charge >= 0.3 is 0 Å². The van der Waals surface area contributed by atoms with Crippen LogP contribution in [-0.4, -0.2) is 0 Å². The Balaban J connectivity index is 2.04. The number of hydrogen-bond acceptors (Lipinski definition) is 0. The maximum atomic E-state index is 6.08. The molecule has 0 bridgehead atoms. The fraction of sp³-hybridized carbons (Fsp3) is 0.250. The summed E-state index contributed by atoms with van der Waals surface area (Å²) in [6, 6.07) is 16.0. The first kappa shape index (κ1) is 13.0. The predicted molar refractivity (Wildman–Crippen MR) is 78.0 cm³/mol. The van der Waals surface area contributed by atoms with Gasteiger partial charge in [0.2, 0.25) is 0 Å². The first-order valence-corrected chi connectivity index (χ1v) is 6.72. The van der Waals surface area contributed by atoms with E-state index in [1.807, 2.05) is 36.4 Å². The van der Waals surface area contributed by atoms with Crippen LogP contribution in [0.2, 0.25) is 5.02 Å². The highest BCUT2D eigenvalue weighted by atomic mass is 35.5. The van der Waals surface area contributed by atoms with Crippen molar-refractivity contribution in [1.29, 1.82) is 0 Å². The van der Waals surface area contributed by atoms with E-state index >= 15 is 0 Å². The van der Waals surface area contributed by atoms with Crippen molar-refractivity contribution in [3.8, 4) is 0 Å². The van der Waals surface area contributed by atoms with Crippen LogP contribution in [-0.2, 0) is 6.42 Å². The lowest BCUT2D eigenvalue weighted by Crippen LogP contribution is -1.90. The van der Waals surface area contributed by atoms with Crippen LogP contribution in [0.15, 0.2) is 48.5 Å². The van der Waals surface area contributed by atoms with Gasteiger partial charge in [-0.3, -0.25) is 0 Å². The normalized spacial score (nSPS) is 10.3. The van der Waals surface area contributed by atoms with Gasteiger partial charge in [-0.25, -0.2) is 5.32 Å². The van der Waals surface area contributed by atoms with Crippen LogP contribution >= 0.6 is 11.6 Å². The molecule has 0 aliphatic heterocycles. The maximum absolute atomic E-state index is 6.08. The van der Waals surface area contributed by atoms with Gasteiger partial charge in [-0.05, 0) is 42.7 Å². The van der Waals surface area contributed by atoms with Crippen molar-refractivity contribution in [3.05, 3.63) is 59.1 Å². The largest absolute Gasteiger partial charge is 0.247 e. The SMILES string of the molecule is CCCCc1ccc([N]c2ccccc2Cl)cc1. The van der Waals surface area contributed by atoms with Gasteiger partial charge in [0, 0.05) is 0 Å². The van der Waals surface area contributed by atoms with Crippen LogP contribution < -0.4 is 5.32 Å². The van der Waals surface area contributed by atoms with Crippen LogP contribution in [0.3, 0.4) is 0 Å². The number of nitrogens with zero attached hydrogens (tertiary/aromatic N) is 1. The fourth-order valence-electron chi connectivity index (χ4n) is 1.80. The summed E-state index contributed by atoms with van der Waals surface area (Å²) in [7, 11) is 0. The smallest absolute Gasteiger partial charge is 0.0823 e. The van der Waals surface area contributed by atoms with E-state index in [2.05, 4.69) is 24.4 Å². The molecule has 1 radical (unpaired) electrons. The van der Waals surface area contributed by atoms with E-state index in [9.17, 15) is 0 Å². The highest BCUT2D eigenvalue weighted by molar-refractivity contribution is 6.32. The van der Waals surface area contributed by atoms with E-state index in [1.54, 1.807) is 0 Å². The van der Waals surface area contributed by atoms with E-state index in [4.69, 9.17) is 11.6 Å². The Kier molecular flexibility index (Phi) is 4.66.